The number of para-hydroxylation sites is 1. The normalized spacial score (nSPS) is 10.7. The smallest absolute Gasteiger partial charge is 0.118 e. The van der Waals surface area contributed by atoms with E-state index in [4.69, 9.17) is 5.11 Å². The van der Waals surface area contributed by atoms with E-state index < -0.39 is 0 Å². The molecular weight excluding hydrogens is 380 g/mol. The van der Waals surface area contributed by atoms with Crippen molar-refractivity contribution in [3.63, 3.8) is 0 Å². The molecule has 0 aliphatic rings. The van der Waals surface area contributed by atoms with Crippen LogP contribution in [0.4, 0.5) is 0 Å². The van der Waals surface area contributed by atoms with E-state index >= 15 is 0 Å². The van der Waals surface area contributed by atoms with Crippen molar-refractivity contribution in [3.05, 3.63) is 29.8 Å². The fourth-order valence-corrected chi connectivity index (χ4v) is 3.95. The van der Waals surface area contributed by atoms with Crippen LogP contribution in [0.15, 0.2) is 24.3 Å². The second-order valence-electron chi connectivity index (χ2n) is 9.11. The van der Waals surface area contributed by atoms with Crippen molar-refractivity contribution in [3.8, 4) is 5.75 Å². The van der Waals surface area contributed by atoms with Gasteiger partial charge in [-0.1, -0.05) is 141 Å². The van der Waals surface area contributed by atoms with Crippen molar-refractivity contribution in [1.82, 2.24) is 0 Å². The zero-order valence-corrected chi connectivity index (χ0v) is 21.1. The van der Waals surface area contributed by atoms with Gasteiger partial charge in [0, 0.05) is 6.61 Å². The lowest BCUT2D eigenvalue weighted by Crippen LogP contribution is -1.87. The predicted molar refractivity (Wildman–Crippen MR) is 138 cm³/mol. The molecule has 1 aromatic rings. The molecule has 2 nitrogen and oxygen atoms in total. The lowest BCUT2D eigenvalue weighted by atomic mass is 10.0. The Morgan fingerprint density at radius 2 is 0.903 bits per heavy atom. The summed E-state index contributed by atoms with van der Waals surface area (Å²) < 4.78 is 0. The van der Waals surface area contributed by atoms with Gasteiger partial charge >= 0.3 is 0 Å². The molecular formula is C29H54O2. The van der Waals surface area contributed by atoms with Gasteiger partial charge in [-0.2, -0.15) is 0 Å². The van der Waals surface area contributed by atoms with Crippen molar-refractivity contribution in [2.24, 2.45) is 0 Å². The number of aliphatic hydroxyl groups excluding tert-OH is 1. The summed E-state index contributed by atoms with van der Waals surface area (Å²) in [4.78, 5) is 0. The zero-order valence-electron chi connectivity index (χ0n) is 21.1. The molecule has 2 heteroatoms. The SMILES string of the molecule is CCCCCCCCCCCCCCO.CCCCCCCCCc1ccccc1O. The summed E-state index contributed by atoms with van der Waals surface area (Å²) in [5.74, 6) is 0.452. The van der Waals surface area contributed by atoms with Crippen LogP contribution in [-0.2, 0) is 6.42 Å². The molecule has 1 rings (SSSR count). The largest absolute Gasteiger partial charge is 0.508 e. The van der Waals surface area contributed by atoms with Gasteiger partial charge in [-0.05, 0) is 30.9 Å². The third kappa shape index (κ3) is 22.0. The summed E-state index contributed by atoms with van der Waals surface area (Å²) in [7, 11) is 0. The molecule has 0 aromatic heterocycles. The molecule has 0 heterocycles. The monoisotopic (exact) mass is 434 g/mol. The molecule has 1 aromatic carbocycles. The number of rotatable bonds is 20. The van der Waals surface area contributed by atoms with Gasteiger partial charge in [0.2, 0.25) is 0 Å². The lowest BCUT2D eigenvalue weighted by molar-refractivity contribution is 0.282. The minimum absolute atomic E-state index is 0.372. The molecule has 0 bridgehead atoms. The Labute approximate surface area is 194 Å². The number of aliphatic hydroxyl groups is 1. The maximum Gasteiger partial charge on any atom is 0.118 e. The predicted octanol–water partition coefficient (Wildman–Crippen LogP) is 9.37. The molecule has 2 N–H and O–H groups in total. The third-order valence-electron chi connectivity index (χ3n) is 6.05. The van der Waals surface area contributed by atoms with E-state index in [1.165, 1.54) is 116 Å². The Kier molecular flexibility index (Phi) is 24.4. The summed E-state index contributed by atoms with van der Waals surface area (Å²) in [5, 5.41) is 18.2. The van der Waals surface area contributed by atoms with Gasteiger partial charge in [-0.15, -0.1) is 0 Å². The van der Waals surface area contributed by atoms with E-state index in [9.17, 15) is 5.11 Å². The number of aromatic hydroxyl groups is 1. The van der Waals surface area contributed by atoms with Crippen LogP contribution < -0.4 is 0 Å². The average Bonchev–Trinajstić information content (AvgIpc) is 2.78. The van der Waals surface area contributed by atoms with E-state index in [-0.39, 0.29) is 0 Å². The van der Waals surface area contributed by atoms with Gasteiger partial charge in [-0.25, -0.2) is 0 Å². The number of phenols is 1. The zero-order chi connectivity index (χ0) is 22.8. The number of unbranched alkanes of at least 4 members (excludes halogenated alkanes) is 17. The maximum atomic E-state index is 9.58. The lowest BCUT2D eigenvalue weighted by Gasteiger charge is -2.04. The molecule has 0 fully saturated rings. The highest BCUT2D eigenvalue weighted by atomic mass is 16.3. The number of aryl methyl sites for hydroxylation is 1. The standard InChI is InChI=1S/C15H24O.C14H30O/c1-2-3-4-5-6-7-8-11-14-12-9-10-13-15(14)16;1-2-3-4-5-6-7-8-9-10-11-12-13-14-15/h9-10,12-13,16H,2-8,11H2,1H3;15H,2-14H2,1H3. The van der Waals surface area contributed by atoms with Crippen LogP contribution in [0.2, 0.25) is 0 Å². The van der Waals surface area contributed by atoms with Gasteiger partial charge in [0.15, 0.2) is 0 Å². The van der Waals surface area contributed by atoms with Crippen LogP contribution in [0.3, 0.4) is 0 Å². The maximum absolute atomic E-state index is 9.58. The van der Waals surface area contributed by atoms with E-state index in [1.54, 1.807) is 6.07 Å². The second kappa shape index (κ2) is 25.2. The fraction of sp³-hybridized carbons (Fsp3) is 0.793. The van der Waals surface area contributed by atoms with E-state index in [2.05, 4.69) is 13.8 Å². The van der Waals surface area contributed by atoms with Crippen molar-refractivity contribution >= 4 is 0 Å². The van der Waals surface area contributed by atoms with Gasteiger partial charge in [0.25, 0.3) is 0 Å². The summed E-state index contributed by atoms with van der Waals surface area (Å²) >= 11 is 0. The van der Waals surface area contributed by atoms with Gasteiger partial charge in [0.1, 0.15) is 5.75 Å². The summed E-state index contributed by atoms with van der Waals surface area (Å²) in [6, 6.07) is 7.67. The first-order chi connectivity index (χ1) is 15.3. The van der Waals surface area contributed by atoms with Crippen LogP contribution in [-0.4, -0.2) is 16.8 Å². The Morgan fingerprint density at radius 3 is 1.32 bits per heavy atom. The van der Waals surface area contributed by atoms with Crippen LogP contribution in [0.1, 0.15) is 141 Å². The van der Waals surface area contributed by atoms with Crippen LogP contribution in [0.5, 0.6) is 5.75 Å². The molecule has 0 radical (unpaired) electrons. The Balaban J connectivity index is 0.000000582. The molecule has 182 valence electrons. The first-order valence-corrected chi connectivity index (χ1v) is 13.6. The quantitative estimate of drug-likeness (QED) is 0.201. The highest BCUT2D eigenvalue weighted by Crippen LogP contribution is 2.19. The van der Waals surface area contributed by atoms with Crippen molar-refractivity contribution < 1.29 is 10.2 Å². The van der Waals surface area contributed by atoms with Gasteiger partial charge in [0.05, 0.1) is 0 Å². The first kappa shape index (κ1) is 30.0. The van der Waals surface area contributed by atoms with Crippen molar-refractivity contribution in [2.75, 3.05) is 6.61 Å². The number of phenolic OH excluding ortho intramolecular Hbond substituents is 1. The molecule has 0 aliphatic carbocycles. The molecule has 31 heavy (non-hydrogen) atoms. The minimum Gasteiger partial charge on any atom is -0.508 e. The summed E-state index contributed by atoms with van der Waals surface area (Å²) in [6.07, 6.45) is 26.5. The van der Waals surface area contributed by atoms with Crippen LogP contribution in [0.25, 0.3) is 0 Å². The third-order valence-corrected chi connectivity index (χ3v) is 6.05. The molecule has 0 saturated heterocycles. The van der Waals surface area contributed by atoms with Gasteiger partial charge < -0.3 is 10.2 Å². The Bertz CT molecular complexity index is 446. The van der Waals surface area contributed by atoms with E-state index in [0.29, 0.717) is 12.4 Å². The number of benzene rings is 1. The van der Waals surface area contributed by atoms with Crippen LogP contribution >= 0.6 is 0 Å². The van der Waals surface area contributed by atoms with Crippen molar-refractivity contribution in [1.29, 1.82) is 0 Å². The summed E-state index contributed by atoms with van der Waals surface area (Å²) in [6.45, 7) is 4.89. The Hall–Kier alpha value is -1.02. The van der Waals surface area contributed by atoms with E-state index in [0.717, 1.165) is 18.4 Å². The molecule has 0 aliphatic heterocycles. The molecule has 0 atom stereocenters. The molecule has 0 amide bonds. The molecule has 0 saturated carbocycles. The van der Waals surface area contributed by atoms with E-state index in [1.807, 2.05) is 18.2 Å². The van der Waals surface area contributed by atoms with Gasteiger partial charge in [-0.3, -0.25) is 0 Å². The Morgan fingerprint density at radius 1 is 0.516 bits per heavy atom. The minimum atomic E-state index is 0.372. The molecule has 0 spiro atoms. The number of hydrogen-bond donors (Lipinski definition) is 2. The highest BCUT2D eigenvalue weighted by Gasteiger charge is 1.99. The second-order valence-corrected chi connectivity index (χ2v) is 9.11. The fourth-order valence-electron chi connectivity index (χ4n) is 3.95. The number of hydrogen-bond acceptors (Lipinski definition) is 2. The molecule has 0 unspecified atom stereocenters. The average molecular weight is 435 g/mol. The van der Waals surface area contributed by atoms with Crippen molar-refractivity contribution in [2.45, 2.75) is 142 Å². The van der Waals surface area contributed by atoms with Crippen LogP contribution in [0, 0.1) is 0 Å². The highest BCUT2D eigenvalue weighted by molar-refractivity contribution is 5.31. The summed E-state index contributed by atoms with van der Waals surface area (Å²) in [5.41, 5.74) is 1.09. The topological polar surface area (TPSA) is 40.5 Å². The first-order valence-electron chi connectivity index (χ1n) is 13.6.